The molecule has 0 aliphatic carbocycles. The molecule has 68 valence electrons. The maximum absolute atomic E-state index is 11.4. The summed E-state index contributed by atoms with van der Waals surface area (Å²) >= 11 is 3.67. The molecule has 0 bridgehead atoms. The minimum absolute atomic E-state index is 0.102. The molecule has 0 N–H and O–H groups in total. The Labute approximate surface area is 91.8 Å². The molecule has 6 heteroatoms. The van der Waals surface area contributed by atoms with Crippen LogP contribution >= 0.6 is 33.9 Å². The first-order valence-corrected chi connectivity index (χ1v) is 5.97. The lowest BCUT2D eigenvalue weighted by atomic mass is 10.5. The number of hydrogen-bond acceptors (Lipinski definition) is 4. The molecule has 0 aliphatic rings. The van der Waals surface area contributed by atoms with E-state index in [0.717, 1.165) is 15.1 Å². The van der Waals surface area contributed by atoms with Crippen LogP contribution in [0.2, 0.25) is 0 Å². The van der Waals surface area contributed by atoms with Crippen molar-refractivity contribution in [3.63, 3.8) is 0 Å². The number of nitrogens with zero attached hydrogens (tertiary/aromatic N) is 3. The van der Waals surface area contributed by atoms with Crippen molar-refractivity contribution in [1.82, 2.24) is 14.6 Å². The Kier molecular flexibility index (Phi) is 2.33. The lowest BCUT2D eigenvalue weighted by molar-refractivity contribution is 0.872. The van der Waals surface area contributed by atoms with Crippen molar-refractivity contribution < 1.29 is 0 Å². The largest absolute Gasteiger partial charge is 0.275 e. The molecule has 0 saturated heterocycles. The molecule has 0 radical (unpaired) electrons. The summed E-state index contributed by atoms with van der Waals surface area (Å²) in [4.78, 5) is 16.3. The molecule has 0 amide bonds. The Morgan fingerprint density at radius 2 is 2.46 bits per heavy atom. The molecule has 0 aromatic carbocycles. The average Bonchev–Trinajstić information content (AvgIpc) is 2.47. The van der Waals surface area contributed by atoms with Gasteiger partial charge in [0.15, 0.2) is 0 Å². The molecule has 4 nitrogen and oxygen atoms in total. The average molecular weight is 307 g/mol. The first-order valence-electron chi connectivity index (χ1n) is 3.63. The van der Waals surface area contributed by atoms with Crippen LogP contribution in [0, 0.1) is 6.92 Å². The molecule has 2 aromatic heterocycles. The number of hydrogen-bond donors (Lipinski definition) is 0. The first-order chi connectivity index (χ1) is 6.20. The van der Waals surface area contributed by atoms with Gasteiger partial charge >= 0.3 is 0 Å². The smallest absolute Gasteiger partial charge is 0.267 e. The monoisotopic (exact) mass is 307 g/mol. The highest BCUT2D eigenvalue weighted by Crippen LogP contribution is 2.13. The van der Waals surface area contributed by atoms with E-state index >= 15 is 0 Å². The standard InChI is InChI=1S/C7H6IN3OS/c1-4-2-6(12)11-7(9-4)13-5(3-8)10-11/h2H,3H2,1H3. The van der Waals surface area contributed by atoms with Gasteiger partial charge in [-0.2, -0.15) is 9.61 Å². The van der Waals surface area contributed by atoms with Gasteiger partial charge < -0.3 is 0 Å². The van der Waals surface area contributed by atoms with Crippen molar-refractivity contribution in [2.45, 2.75) is 11.4 Å². The van der Waals surface area contributed by atoms with E-state index in [1.165, 1.54) is 21.9 Å². The fourth-order valence-electron chi connectivity index (χ4n) is 1.01. The Hall–Kier alpha value is -0.500. The minimum Gasteiger partial charge on any atom is -0.267 e. The Balaban J connectivity index is 2.83. The van der Waals surface area contributed by atoms with Gasteiger partial charge in [-0.25, -0.2) is 4.98 Å². The van der Waals surface area contributed by atoms with Gasteiger partial charge in [0.1, 0.15) is 5.01 Å². The van der Waals surface area contributed by atoms with E-state index in [9.17, 15) is 4.79 Å². The lowest BCUT2D eigenvalue weighted by Gasteiger charge is -1.89. The van der Waals surface area contributed by atoms with Gasteiger partial charge in [0.05, 0.1) is 4.43 Å². The Morgan fingerprint density at radius 3 is 3.15 bits per heavy atom. The fourth-order valence-corrected chi connectivity index (χ4v) is 2.43. The molecule has 0 aliphatic heterocycles. The zero-order chi connectivity index (χ0) is 9.42. The fraction of sp³-hybridized carbons (Fsp3) is 0.286. The molecular weight excluding hydrogens is 301 g/mol. The van der Waals surface area contributed by atoms with E-state index in [1.807, 2.05) is 6.92 Å². The van der Waals surface area contributed by atoms with E-state index < -0.39 is 0 Å². The number of alkyl halides is 1. The number of aromatic nitrogens is 3. The van der Waals surface area contributed by atoms with Gasteiger partial charge in [-0.05, 0) is 6.92 Å². The summed E-state index contributed by atoms with van der Waals surface area (Å²) in [5.74, 6) is 0. The second kappa shape index (κ2) is 3.33. The van der Waals surface area contributed by atoms with Gasteiger partial charge in [0.25, 0.3) is 5.56 Å². The SMILES string of the molecule is Cc1cc(=O)n2nc(CI)sc2n1. The number of rotatable bonds is 1. The third-order valence-electron chi connectivity index (χ3n) is 1.53. The van der Waals surface area contributed by atoms with Crippen molar-refractivity contribution in [1.29, 1.82) is 0 Å². The molecule has 0 fully saturated rings. The lowest BCUT2D eigenvalue weighted by Crippen LogP contribution is -2.14. The molecule has 0 saturated carbocycles. The van der Waals surface area contributed by atoms with Crippen LogP contribution in [0.25, 0.3) is 4.96 Å². The van der Waals surface area contributed by atoms with Crippen LogP contribution < -0.4 is 5.56 Å². The van der Waals surface area contributed by atoms with Crippen molar-refractivity contribution in [3.8, 4) is 0 Å². The third-order valence-corrected chi connectivity index (χ3v) is 3.68. The highest BCUT2D eigenvalue weighted by atomic mass is 127. The van der Waals surface area contributed by atoms with E-state index in [-0.39, 0.29) is 5.56 Å². The quantitative estimate of drug-likeness (QED) is 0.591. The van der Waals surface area contributed by atoms with Crippen molar-refractivity contribution in [2.75, 3.05) is 0 Å². The van der Waals surface area contributed by atoms with E-state index in [2.05, 4.69) is 32.7 Å². The van der Waals surface area contributed by atoms with Gasteiger partial charge in [-0.1, -0.05) is 33.9 Å². The molecule has 2 heterocycles. The Morgan fingerprint density at radius 1 is 1.69 bits per heavy atom. The highest BCUT2D eigenvalue weighted by Gasteiger charge is 2.05. The highest BCUT2D eigenvalue weighted by molar-refractivity contribution is 14.1. The van der Waals surface area contributed by atoms with Crippen LogP contribution in [-0.2, 0) is 4.43 Å². The van der Waals surface area contributed by atoms with E-state index in [0.29, 0.717) is 4.96 Å². The van der Waals surface area contributed by atoms with Gasteiger partial charge in [-0.3, -0.25) is 4.79 Å². The topological polar surface area (TPSA) is 47.3 Å². The third kappa shape index (κ3) is 1.60. The predicted molar refractivity (Wildman–Crippen MR) is 59.6 cm³/mol. The van der Waals surface area contributed by atoms with Crippen LogP contribution in [0.5, 0.6) is 0 Å². The van der Waals surface area contributed by atoms with Crippen LogP contribution in [0.1, 0.15) is 10.7 Å². The van der Waals surface area contributed by atoms with Crippen molar-refractivity contribution in [3.05, 3.63) is 27.1 Å². The van der Waals surface area contributed by atoms with Gasteiger partial charge in [0, 0.05) is 11.8 Å². The predicted octanol–water partition coefficient (Wildman–Crippen LogP) is 1.39. The number of halogens is 1. The van der Waals surface area contributed by atoms with Crippen LogP contribution in [0.15, 0.2) is 10.9 Å². The first kappa shape index (κ1) is 9.07. The van der Waals surface area contributed by atoms with Crippen molar-refractivity contribution in [2.24, 2.45) is 0 Å². The summed E-state index contributed by atoms with van der Waals surface area (Å²) in [7, 11) is 0. The molecular formula is C7H6IN3OS. The second-order valence-electron chi connectivity index (χ2n) is 2.56. The molecule has 0 atom stereocenters. The van der Waals surface area contributed by atoms with Crippen molar-refractivity contribution >= 4 is 38.9 Å². The normalized spacial score (nSPS) is 10.9. The maximum Gasteiger partial charge on any atom is 0.275 e. The molecule has 2 rings (SSSR count). The number of fused-ring (bicyclic) bond motifs is 1. The minimum atomic E-state index is -0.102. The van der Waals surface area contributed by atoms with Crippen LogP contribution in [0.3, 0.4) is 0 Å². The van der Waals surface area contributed by atoms with Crippen LogP contribution in [-0.4, -0.2) is 14.6 Å². The Bertz CT molecular complexity index is 504. The van der Waals surface area contributed by atoms with Gasteiger partial charge in [0.2, 0.25) is 4.96 Å². The number of aryl methyl sites for hydroxylation is 1. The second-order valence-corrected chi connectivity index (χ2v) is 4.36. The summed E-state index contributed by atoms with van der Waals surface area (Å²) in [6.45, 7) is 1.81. The maximum atomic E-state index is 11.4. The van der Waals surface area contributed by atoms with Gasteiger partial charge in [-0.15, -0.1) is 0 Å². The van der Waals surface area contributed by atoms with E-state index in [1.54, 1.807) is 0 Å². The summed E-state index contributed by atoms with van der Waals surface area (Å²) in [5, 5.41) is 5.05. The molecule has 13 heavy (non-hydrogen) atoms. The molecule has 0 spiro atoms. The van der Waals surface area contributed by atoms with Crippen LogP contribution in [0.4, 0.5) is 0 Å². The zero-order valence-electron chi connectivity index (χ0n) is 6.82. The summed E-state index contributed by atoms with van der Waals surface area (Å²) in [5.41, 5.74) is 0.642. The van der Waals surface area contributed by atoms with E-state index in [4.69, 9.17) is 0 Å². The molecule has 2 aromatic rings. The summed E-state index contributed by atoms with van der Waals surface area (Å²) in [6.07, 6.45) is 0. The summed E-state index contributed by atoms with van der Waals surface area (Å²) < 4.78 is 2.16. The summed E-state index contributed by atoms with van der Waals surface area (Å²) in [6, 6.07) is 1.49. The zero-order valence-corrected chi connectivity index (χ0v) is 9.79. The molecule has 0 unspecified atom stereocenters.